The Morgan fingerprint density at radius 1 is 1.38 bits per heavy atom. The van der Waals surface area contributed by atoms with Crippen molar-refractivity contribution in [3.63, 3.8) is 0 Å². The molecule has 1 aromatic carbocycles. The van der Waals surface area contributed by atoms with E-state index in [4.69, 9.17) is 5.73 Å². The molecule has 118 valence electrons. The lowest BCUT2D eigenvalue weighted by Gasteiger charge is -2.18. The van der Waals surface area contributed by atoms with Gasteiger partial charge in [-0.3, -0.25) is 0 Å². The number of aliphatic hydroxyl groups excluding tert-OH is 2. The first kappa shape index (κ1) is 17.1. The Labute approximate surface area is 117 Å². The average molecular weight is 309 g/mol. The molecule has 0 saturated heterocycles. The number of hydrogen-bond acceptors (Lipinski definition) is 6. The van der Waals surface area contributed by atoms with Crippen LogP contribution in [0.2, 0.25) is 0 Å². The quantitative estimate of drug-likeness (QED) is 0.556. The number of anilines is 1. The van der Waals surface area contributed by atoms with Gasteiger partial charge in [0, 0.05) is 0 Å². The Bertz CT molecular complexity index is 506. The lowest BCUT2D eigenvalue weighted by molar-refractivity contribution is -0.274. The summed E-state index contributed by atoms with van der Waals surface area (Å²) >= 11 is 0. The zero-order valence-electron chi connectivity index (χ0n) is 10.9. The number of carbonyl (C=O) groups is 1. The summed E-state index contributed by atoms with van der Waals surface area (Å²) in [5.74, 6) is -1.84. The molecule has 21 heavy (non-hydrogen) atoms. The highest BCUT2D eigenvalue weighted by Gasteiger charge is 2.33. The molecule has 9 heteroatoms. The third kappa shape index (κ3) is 4.80. The van der Waals surface area contributed by atoms with Crippen molar-refractivity contribution in [3.8, 4) is 5.75 Å². The molecule has 1 aromatic rings. The van der Waals surface area contributed by atoms with Crippen LogP contribution in [0.15, 0.2) is 18.2 Å². The van der Waals surface area contributed by atoms with E-state index in [1.807, 2.05) is 0 Å². The van der Waals surface area contributed by atoms with Crippen molar-refractivity contribution in [2.75, 3.05) is 12.3 Å². The molecule has 0 radical (unpaired) electrons. The fourth-order valence-electron chi connectivity index (χ4n) is 1.49. The second-order valence-corrected chi connectivity index (χ2v) is 3.99. The Kier molecular flexibility index (Phi) is 5.39. The Morgan fingerprint density at radius 3 is 2.52 bits per heavy atom. The molecule has 0 heterocycles. The largest absolute Gasteiger partial charge is 0.573 e. The van der Waals surface area contributed by atoms with Crippen LogP contribution in [0, 0.1) is 0 Å². The van der Waals surface area contributed by atoms with Gasteiger partial charge in [-0.15, -0.1) is 13.2 Å². The Hall–Kier alpha value is -2.00. The molecule has 0 aromatic heterocycles. The first-order chi connectivity index (χ1) is 9.65. The highest BCUT2D eigenvalue weighted by Crippen LogP contribution is 2.31. The van der Waals surface area contributed by atoms with Gasteiger partial charge in [0.1, 0.15) is 6.10 Å². The summed E-state index contributed by atoms with van der Waals surface area (Å²) in [4.78, 5) is 11.3. The zero-order valence-corrected chi connectivity index (χ0v) is 10.9. The number of hydrogen-bond donors (Lipinski definition) is 3. The van der Waals surface area contributed by atoms with Crippen molar-refractivity contribution in [1.29, 1.82) is 0 Å². The van der Waals surface area contributed by atoms with Crippen molar-refractivity contribution in [2.45, 2.75) is 25.5 Å². The Morgan fingerprint density at radius 2 is 2.00 bits per heavy atom. The maximum atomic E-state index is 12.2. The van der Waals surface area contributed by atoms with Gasteiger partial charge in [0.15, 0.2) is 11.9 Å². The first-order valence-corrected chi connectivity index (χ1v) is 5.83. The van der Waals surface area contributed by atoms with Gasteiger partial charge in [0.25, 0.3) is 0 Å². The second-order valence-electron chi connectivity index (χ2n) is 3.99. The molecule has 1 rings (SSSR count). The number of halogens is 3. The summed E-state index contributed by atoms with van der Waals surface area (Å²) in [6.07, 6.45) is -8.68. The van der Waals surface area contributed by atoms with Crippen LogP contribution in [0.25, 0.3) is 0 Å². The first-order valence-electron chi connectivity index (χ1n) is 5.83. The van der Waals surface area contributed by atoms with Crippen LogP contribution in [-0.4, -0.2) is 35.3 Å². The van der Waals surface area contributed by atoms with Crippen LogP contribution >= 0.6 is 0 Å². The van der Waals surface area contributed by atoms with Gasteiger partial charge < -0.3 is 25.4 Å². The highest BCUT2D eigenvalue weighted by molar-refractivity contribution is 5.75. The van der Waals surface area contributed by atoms with E-state index < -0.39 is 30.3 Å². The molecule has 0 saturated carbocycles. The van der Waals surface area contributed by atoms with Gasteiger partial charge in [-0.2, -0.15) is 0 Å². The van der Waals surface area contributed by atoms with Crippen molar-refractivity contribution in [1.82, 2.24) is 0 Å². The van der Waals surface area contributed by atoms with Crippen LogP contribution in [0.1, 0.15) is 18.6 Å². The number of nitrogen functional groups attached to an aromatic ring is 1. The van der Waals surface area contributed by atoms with E-state index in [0.29, 0.717) is 0 Å². The van der Waals surface area contributed by atoms with Crippen molar-refractivity contribution in [3.05, 3.63) is 23.8 Å². The highest BCUT2D eigenvalue weighted by atomic mass is 19.4. The molecular weight excluding hydrogens is 295 g/mol. The molecule has 0 bridgehead atoms. The molecule has 0 aliphatic carbocycles. The topological polar surface area (TPSA) is 102 Å². The van der Waals surface area contributed by atoms with Crippen LogP contribution in [0.5, 0.6) is 5.75 Å². The SMILES string of the molecule is CCOC(=O)C(O)C(O)c1ccc(N)c(OC(F)(F)F)c1. The van der Waals surface area contributed by atoms with Crippen LogP contribution < -0.4 is 10.5 Å². The maximum absolute atomic E-state index is 12.2. The van der Waals surface area contributed by atoms with Crippen LogP contribution in [-0.2, 0) is 9.53 Å². The van der Waals surface area contributed by atoms with E-state index in [1.165, 1.54) is 6.92 Å². The fourth-order valence-corrected chi connectivity index (χ4v) is 1.49. The number of carbonyl (C=O) groups excluding carboxylic acids is 1. The number of nitrogens with two attached hydrogens (primary N) is 1. The van der Waals surface area contributed by atoms with Gasteiger partial charge in [0.2, 0.25) is 0 Å². The third-order valence-electron chi connectivity index (χ3n) is 2.43. The number of aliphatic hydroxyl groups is 2. The van der Waals surface area contributed by atoms with Gasteiger partial charge in [-0.1, -0.05) is 6.07 Å². The minimum Gasteiger partial charge on any atom is -0.464 e. The standard InChI is InChI=1S/C12H14F3NO5/c1-2-20-11(19)10(18)9(17)6-3-4-7(16)8(5-6)21-12(13,14)15/h3-5,9-10,17-18H,2,16H2,1H3. The summed E-state index contributed by atoms with van der Waals surface area (Å²) < 4.78 is 44.7. The predicted molar refractivity (Wildman–Crippen MR) is 65.1 cm³/mol. The second kappa shape index (κ2) is 6.64. The van der Waals surface area contributed by atoms with Gasteiger partial charge in [-0.05, 0) is 24.6 Å². The molecule has 0 amide bonds. The summed E-state index contributed by atoms with van der Waals surface area (Å²) in [6, 6.07) is 3.00. The summed E-state index contributed by atoms with van der Waals surface area (Å²) in [5, 5.41) is 19.3. The van der Waals surface area contributed by atoms with Gasteiger partial charge in [-0.25, -0.2) is 4.79 Å². The summed E-state index contributed by atoms with van der Waals surface area (Å²) in [7, 11) is 0. The van der Waals surface area contributed by atoms with E-state index in [9.17, 15) is 28.2 Å². The van der Waals surface area contributed by atoms with E-state index >= 15 is 0 Å². The average Bonchev–Trinajstić information content (AvgIpc) is 2.38. The number of rotatable bonds is 5. The van der Waals surface area contributed by atoms with Gasteiger partial charge >= 0.3 is 12.3 Å². The van der Waals surface area contributed by atoms with Gasteiger partial charge in [0.05, 0.1) is 12.3 Å². The van der Waals surface area contributed by atoms with Crippen LogP contribution in [0.4, 0.5) is 18.9 Å². The fraction of sp³-hybridized carbons (Fsp3) is 0.417. The number of ether oxygens (including phenoxy) is 2. The lowest BCUT2D eigenvalue weighted by atomic mass is 10.0. The summed E-state index contributed by atoms with van der Waals surface area (Å²) in [5.41, 5.74) is 4.83. The Balaban J connectivity index is 2.98. The van der Waals surface area contributed by atoms with Crippen LogP contribution in [0.3, 0.4) is 0 Å². The number of benzene rings is 1. The normalized spacial score (nSPS) is 14.4. The molecule has 0 fully saturated rings. The van der Waals surface area contributed by atoms with E-state index in [-0.39, 0.29) is 17.9 Å². The smallest absolute Gasteiger partial charge is 0.464 e. The lowest BCUT2D eigenvalue weighted by Crippen LogP contribution is -2.30. The minimum atomic E-state index is -4.96. The molecule has 0 spiro atoms. The van der Waals surface area contributed by atoms with E-state index in [2.05, 4.69) is 9.47 Å². The molecule has 6 nitrogen and oxygen atoms in total. The predicted octanol–water partition coefficient (Wildman–Crippen LogP) is 1.12. The minimum absolute atomic E-state index is 0.0210. The zero-order chi connectivity index (χ0) is 16.2. The van der Waals surface area contributed by atoms with E-state index in [1.54, 1.807) is 0 Å². The third-order valence-corrected chi connectivity index (χ3v) is 2.43. The van der Waals surface area contributed by atoms with Crippen molar-refractivity contribution < 1.29 is 37.7 Å². The number of esters is 1. The molecular formula is C12H14F3NO5. The van der Waals surface area contributed by atoms with E-state index in [0.717, 1.165) is 18.2 Å². The molecule has 2 atom stereocenters. The number of alkyl halides is 3. The maximum Gasteiger partial charge on any atom is 0.573 e. The molecule has 2 unspecified atom stereocenters. The molecule has 0 aliphatic heterocycles. The summed E-state index contributed by atoms with van der Waals surface area (Å²) in [6.45, 7) is 1.47. The monoisotopic (exact) mass is 309 g/mol. The molecule has 0 aliphatic rings. The molecule has 4 N–H and O–H groups in total. The van der Waals surface area contributed by atoms with Crippen molar-refractivity contribution >= 4 is 11.7 Å². The van der Waals surface area contributed by atoms with Crippen molar-refractivity contribution in [2.24, 2.45) is 0 Å².